The monoisotopic (exact) mass is 268 g/mol. The van der Waals surface area contributed by atoms with Crippen LogP contribution in [0.3, 0.4) is 0 Å². The highest BCUT2D eigenvalue weighted by Gasteiger charge is 2.40. The maximum atomic E-state index is 12.8. The van der Waals surface area contributed by atoms with E-state index in [0.717, 1.165) is 22.4 Å². The van der Waals surface area contributed by atoms with Crippen molar-refractivity contribution >= 4 is 16.9 Å². The first-order chi connectivity index (χ1) is 9.35. The van der Waals surface area contributed by atoms with Gasteiger partial charge in [0.25, 0.3) is 5.91 Å². The Kier molecular flexibility index (Phi) is 2.65. The molecule has 0 saturated carbocycles. The SMILES string of the molecule is CC1=C(C(C)C)C(C)(C)c2nc3ccccc3n2C1=O. The van der Waals surface area contributed by atoms with Crippen molar-refractivity contribution in [1.29, 1.82) is 0 Å². The van der Waals surface area contributed by atoms with Gasteiger partial charge in [-0.15, -0.1) is 0 Å². The number of imidazole rings is 1. The van der Waals surface area contributed by atoms with Gasteiger partial charge >= 0.3 is 0 Å². The van der Waals surface area contributed by atoms with Crippen LogP contribution < -0.4 is 0 Å². The Morgan fingerprint density at radius 2 is 1.85 bits per heavy atom. The predicted molar refractivity (Wildman–Crippen MR) is 80.9 cm³/mol. The minimum Gasteiger partial charge on any atom is -0.269 e. The maximum absolute atomic E-state index is 12.8. The van der Waals surface area contributed by atoms with Crippen LogP contribution in [-0.2, 0) is 5.41 Å². The lowest BCUT2D eigenvalue weighted by molar-refractivity contribution is 0.0940. The average molecular weight is 268 g/mol. The van der Waals surface area contributed by atoms with Gasteiger partial charge in [0.2, 0.25) is 0 Å². The molecule has 0 bridgehead atoms. The molecule has 2 aromatic rings. The Labute approximate surface area is 119 Å². The number of rotatable bonds is 1. The summed E-state index contributed by atoms with van der Waals surface area (Å²) in [4.78, 5) is 17.5. The number of benzene rings is 1. The first-order valence-electron chi connectivity index (χ1n) is 7.09. The van der Waals surface area contributed by atoms with E-state index >= 15 is 0 Å². The zero-order valence-corrected chi connectivity index (χ0v) is 12.7. The summed E-state index contributed by atoms with van der Waals surface area (Å²) in [6.07, 6.45) is 0. The van der Waals surface area contributed by atoms with E-state index in [1.165, 1.54) is 5.57 Å². The molecule has 1 aliphatic heterocycles. The Hall–Kier alpha value is -1.90. The van der Waals surface area contributed by atoms with Crippen LogP contribution in [0.2, 0.25) is 0 Å². The fourth-order valence-electron chi connectivity index (χ4n) is 3.68. The standard InChI is InChI=1S/C17H20N2O/c1-10(2)14-11(3)15(20)19-13-9-7-6-8-12(13)18-16(19)17(14,4)5/h6-10H,1-5H3. The molecule has 0 spiro atoms. The van der Waals surface area contributed by atoms with Crippen LogP contribution in [0, 0.1) is 5.92 Å². The molecule has 104 valence electrons. The van der Waals surface area contributed by atoms with Crippen LogP contribution in [0.5, 0.6) is 0 Å². The van der Waals surface area contributed by atoms with E-state index in [4.69, 9.17) is 4.98 Å². The van der Waals surface area contributed by atoms with E-state index in [2.05, 4.69) is 27.7 Å². The molecule has 0 fully saturated rings. The molecule has 0 unspecified atom stereocenters. The number of nitrogens with zero attached hydrogens (tertiary/aromatic N) is 2. The van der Waals surface area contributed by atoms with Gasteiger partial charge in [0.1, 0.15) is 5.82 Å². The molecule has 3 heteroatoms. The smallest absolute Gasteiger partial charge is 0.259 e. The molecule has 0 N–H and O–H groups in total. The molecule has 0 saturated heterocycles. The van der Waals surface area contributed by atoms with Crippen LogP contribution in [-0.4, -0.2) is 15.5 Å². The van der Waals surface area contributed by atoms with Gasteiger partial charge in [0.15, 0.2) is 0 Å². The molecular weight excluding hydrogens is 248 g/mol. The third-order valence-corrected chi connectivity index (χ3v) is 4.30. The Bertz CT molecular complexity index is 747. The second-order valence-corrected chi connectivity index (χ2v) is 6.38. The first-order valence-corrected chi connectivity index (χ1v) is 7.09. The Balaban J connectivity index is 2.40. The number of fused-ring (bicyclic) bond motifs is 3. The van der Waals surface area contributed by atoms with Crippen molar-refractivity contribution in [3.63, 3.8) is 0 Å². The summed E-state index contributed by atoms with van der Waals surface area (Å²) < 4.78 is 1.79. The molecule has 2 heterocycles. The zero-order chi connectivity index (χ0) is 14.7. The molecule has 1 aromatic heterocycles. The third-order valence-electron chi connectivity index (χ3n) is 4.30. The van der Waals surface area contributed by atoms with Crippen molar-refractivity contribution < 1.29 is 4.79 Å². The van der Waals surface area contributed by atoms with Crippen LogP contribution in [0.4, 0.5) is 0 Å². The minimum atomic E-state index is -0.217. The average Bonchev–Trinajstić information content (AvgIpc) is 2.76. The van der Waals surface area contributed by atoms with Crippen molar-refractivity contribution in [2.45, 2.75) is 40.0 Å². The normalized spacial score (nSPS) is 18.0. The van der Waals surface area contributed by atoms with Gasteiger partial charge < -0.3 is 0 Å². The molecule has 0 amide bonds. The van der Waals surface area contributed by atoms with E-state index in [-0.39, 0.29) is 11.3 Å². The lowest BCUT2D eigenvalue weighted by Crippen LogP contribution is -2.37. The van der Waals surface area contributed by atoms with E-state index < -0.39 is 0 Å². The molecule has 3 rings (SSSR count). The number of aromatic nitrogens is 2. The summed E-state index contributed by atoms with van der Waals surface area (Å²) >= 11 is 0. The largest absolute Gasteiger partial charge is 0.269 e. The summed E-state index contributed by atoms with van der Waals surface area (Å²) in [5.74, 6) is 1.26. The summed E-state index contributed by atoms with van der Waals surface area (Å²) in [6.45, 7) is 10.6. The summed E-state index contributed by atoms with van der Waals surface area (Å²) in [5, 5.41) is 0. The van der Waals surface area contributed by atoms with Gasteiger partial charge in [-0.05, 0) is 44.4 Å². The highest BCUT2D eigenvalue weighted by molar-refractivity contribution is 6.03. The number of para-hydroxylation sites is 2. The van der Waals surface area contributed by atoms with Crippen LogP contribution in [0.15, 0.2) is 35.4 Å². The summed E-state index contributed by atoms with van der Waals surface area (Å²) in [5.41, 5.74) is 3.64. The molecule has 20 heavy (non-hydrogen) atoms. The second-order valence-electron chi connectivity index (χ2n) is 6.38. The number of hydrogen-bond acceptors (Lipinski definition) is 2. The van der Waals surface area contributed by atoms with Gasteiger partial charge in [-0.2, -0.15) is 0 Å². The second kappa shape index (κ2) is 4.05. The lowest BCUT2D eigenvalue weighted by Gasteiger charge is -2.36. The molecule has 0 aliphatic carbocycles. The Morgan fingerprint density at radius 1 is 1.20 bits per heavy atom. The van der Waals surface area contributed by atoms with E-state index in [1.54, 1.807) is 4.57 Å². The van der Waals surface area contributed by atoms with Gasteiger partial charge in [-0.3, -0.25) is 9.36 Å². The fourth-order valence-corrected chi connectivity index (χ4v) is 3.68. The molecule has 0 radical (unpaired) electrons. The molecule has 1 aliphatic rings. The minimum absolute atomic E-state index is 0.0664. The fraction of sp³-hybridized carbons (Fsp3) is 0.412. The van der Waals surface area contributed by atoms with Gasteiger partial charge in [-0.1, -0.05) is 26.0 Å². The van der Waals surface area contributed by atoms with Gasteiger partial charge in [0.05, 0.1) is 11.0 Å². The molecule has 0 atom stereocenters. The van der Waals surface area contributed by atoms with Crippen LogP contribution in [0.25, 0.3) is 11.0 Å². The van der Waals surface area contributed by atoms with Crippen LogP contribution >= 0.6 is 0 Å². The Morgan fingerprint density at radius 3 is 2.50 bits per heavy atom. The van der Waals surface area contributed by atoms with Gasteiger partial charge in [0, 0.05) is 11.0 Å². The lowest BCUT2D eigenvalue weighted by atomic mass is 9.73. The van der Waals surface area contributed by atoms with Crippen LogP contribution in [0.1, 0.15) is 45.2 Å². The van der Waals surface area contributed by atoms with Crippen molar-refractivity contribution in [3.05, 3.63) is 41.2 Å². The maximum Gasteiger partial charge on any atom is 0.259 e. The highest BCUT2D eigenvalue weighted by Crippen LogP contribution is 2.42. The summed E-state index contributed by atoms with van der Waals surface area (Å²) in [7, 11) is 0. The van der Waals surface area contributed by atoms with E-state index in [9.17, 15) is 4.79 Å². The third kappa shape index (κ3) is 1.52. The number of allylic oxidation sites excluding steroid dienone is 2. The zero-order valence-electron chi connectivity index (χ0n) is 12.7. The van der Waals surface area contributed by atoms with Crippen molar-refractivity contribution in [3.8, 4) is 0 Å². The molecular formula is C17H20N2O. The quantitative estimate of drug-likeness (QED) is 0.785. The van der Waals surface area contributed by atoms with Gasteiger partial charge in [-0.25, -0.2) is 4.98 Å². The van der Waals surface area contributed by atoms with E-state index in [0.29, 0.717) is 5.92 Å². The van der Waals surface area contributed by atoms with Crippen molar-refractivity contribution in [2.75, 3.05) is 0 Å². The first kappa shape index (κ1) is 13.1. The number of carbonyl (C=O) groups is 1. The van der Waals surface area contributed by atoms with Crippen molar-refractivity contribution in [2.24, 2.45) is 5.92 Å². The topological polar surface area (TPSA) is 34.9 Å². The van der Waals surface area contributed by atoms with Crippen molar-refractivity contribution in [1.82, 2.24) is 9.55 Å². The molecule has 1 aromatic carbocycles. The number of hydrogen-bond donors (Lipinski definition) is 0. The van der Waals surface area contributed by atoms with E-state index in [1.807, 2.05) is 31.2 Å². The predicted octanol–water partition coefficient (Wildman–Crippen LogP) is 3.94. The number of carbonyl (C=O) groups excluding carboxylic acids is 1. The summed E-state index contributed by atoms with van der Waals surface area (Å²) in [6, 6.07) is 7.85. The molecule has 3 nitrogen and oxygen atoms in total. The highest BCUT2D eigenvalue weighted by atomic mass is 16.2.